The summed E-state index contributed by atoms with van der Waals surface area (Å²) in [5.74, 6) is 0. The number of halogens is 1. The van der Waals surface area contributed by atoms with E-state index in [1.165, 1.54) is 13.7 Å². The summed E-state index contributed by atoms with van der Waals surface area (Å²) in [6.45, 7) is 0. The van der Waals surface area contributed by atoms with Gasteiger partial charge in [0.2, 0.25) is 0 Å². The van der Waals surface area contributed by atoms with Crippen LogP contribution < -0.4 is 0 Å². The molecule has 2 aromatic rings. The minimum atomic E-state index is 0.793. The van der Waals surface area contributed by atoms with Crippen molar-refractivity contribution in [3.8, 4) is 0 Å². The molecule has 0 radical (unpaired) electrons. The van der Waals surface area contributed by atoms with Crippen LogP contribution in [0.5, 0.6) is 0 Å². The second-order valence-electron chi connectivity index (χ2n) is 2.76. The van der Waals surface area contributed by atoms with Gasteiger partial charge in [0.05, 0.1) is 0 Å². The summed E-state index contributed by atoms with van der Waals surface area (Å²) in [5, 5.41) is 3.35. The van der Waals surface area contributed by atoms with Crippen LogP contribution >= 0.6 is 45.7 Å². The highest BCUT2D eigenvalue weighted by molar-refractivity contribution is 14.1. The summed E-state index contributed by atoms with van der Waals surface area (Å²) in [7, 11) is 0. The maximum absolute atomic E-state index is 10.9. The van der Waals surface area contributed by atoms with Crippen LogP contribution in [0.2, 0.25) is 0 Å². The van der Waals surface area contributed by atoms with E-state index in [0.717, 1.165) is 16.7 Å². The summed E-state index contributed by atoms with van der Waals surface area (Å²) in [4.78, 5) is 12.0. The fraction of sp³-hybridized carbons (Fsp3) is 0.100. The summed E-state index contributed by atoms with van der Waals surface area (Å²) in [5.41, 5.74) is 0.793. The second-order valence-corrected chi connectivity index (χ2v) is 5.65. The van der Waals surface area contributed by atoms with Gasteiger partial charge in [-0.1, -0.05) is 0 Å². The highest BCUT2D eigenvalue weighted by Crippen LogP contribution is 2.36. The van der Waals surface area contributed by atoms with E-state index in [1.54, 1.807) is 23.1 Å². The van der Waals surface area contributed by atoms with Gasteiger partial charge >= 0.3 is 0 Å². The minimum absolute atomic E-state index is 0.793. The topological polar surface area (TPSA) is 17.1 Å². The van der Waals surface area contributed by atoms with E-state index >= 15 is 0 Å². The van der Waals surface area contributed by atoms with Gasteiger partial charge in [0.15, 0.2) is 6.29 Å². The molecule has 0 bridgehead atoms. The average molecular weight is 334 g/mol. The highest BCUT2D eigenvalue weighted by atomic mass is 127. The molecule has 0 N–H and O–H groups in total. The number of fused-ring (bicyclic) bond motifs is 1. The van der Waals surface area contributed by atoms with E-state index in [9.17, 15) is 4.79 Å². The smallest absolute Gasteiger partial charge is 0.151 e. The standard InChI is InChI=1S/C10H7IOS2/c1-13-10-6(4-12)2-3-8-9(10)7(11)5-14-8/h2-5H,1H3. The molecule has 2 rings (SSSR count). The van der Waals surface area contributed by atoms with Crippen molar-refractivity contribution >= 4 is 62.1 Å². The van der Waals surface area contributed by atoms with Crippen LogP contribution in [-0.2, 0) is 0 Å². The largest absolute Gasteiger partial charge is 0.298 e. The van der Waals surface area contributed by atoms with E-state index < -0.39 is 0 Å². The van der Waals surface area contributed by atoms with Crippen molar-refractivity contribution in [1.82, 2.24) is 0 Å². The van der Waals surface area contributed by atoms with E-state index in [2.05, 4.69) is 28.0 Å². The Kier molecular flexibility index (Phi) is 3.14. The van der Waals surface area contributed by atoms with Crippen LogP contribution in [0, 0.1) is 3.57 Å². The summed E-state index contributed by atoms with van der Waals surface area (Å²) in [6.07, 6.45) is 2.94. The normalized spacial score (nSPS) is 10.7. The Bertz CT molecular complexity index is 490. The van der Waals surface area contributed by atoms with Crippen molar-refractivity contribution in [3.63, 3.8) is 0 Å². The molecule has 1 heterocycles. The molecule has 0 amide bonds. The van der Waals surface area contributed by atoms with Crippen LogP contribution in [0.15, 0.2) is 22.4 Å². The Morgan fingerprint density at radius 3 is 2.93 bits per heavy atom. The number of benzene rings is 1. The third-order valence-corrected chi connectivity index (χ3v) is 5.08. The van der Waals surface area contributed by atoms with Gasteiger partial charge < -0.3 is 0 Å². The molecule has 0 atom stereocenters. The zero-order chi connectivity index (χ0) is 10.1. The van der Waals surface area contributed by atoms with Crippen molar-refractivity contribution < 1.29 is 4.79 Å². The number of hydrogen-bond acceptors (Lipinski definition) is 3. The monoisotopic (exact) mass is 334 g/mol. The molecule has 14 heavy (non-hydrogen) atoms. The van der Waals surface area contributed by atoms with Gasteiger partial charge in [-0.25, -0.2) is 0 Å². The quantitative estimate of drug-likeness (QED) is 0.468. The molecule has 1 aromatic carbocycles. The predicted molar refractivity (Wildman–Crippen MR) is 71.7 cm³/mol. The van der Waals surface area contributed by atoms with E-state index in [1.807, 2.05) is 18.4 Å². The fourth-order valence-electron chi connectivity index (χ4n) is 1.39. The maximum atomic E-state index is 10.9. The number of thioether (sulfide) groups is 1. The van der Waals surface area contributed by atoms with Gasteiger partial charge in [0, 0.05) is 29.5 Å². The fourth-order valence-corrected chi connectivity index (χ4v) is 4.36. The lowest BCUT2D eigenvalue weighted by Crippen LogP contribution is -1.85. The first-order chi connectivity index (χ1) is 6.77. The molecule has 0 aliphatic carbocycles. The zero-order valence-corrected chi connectivity index (χ0v) is 11.2. The zero-order valence-electron chi connectivity index (χ0n) is 7.41. The van der Waals surface area contributed by atoms with Gasteiger partial charge in [-0.3, -0.25) is 4.79 Å². The maximum Gasteiger partial charge on any atom is 0.151 e. The lowest BCUT2D eigenvalue weighted by molar-refractivity contribution is 0.112. The Hall–Kier alpha value is -0.0700. The van der Waals surface area contributed by atoms with Gasteiger partial charge in [-0.05, 0) is 41.0 Å². The first-order valence-corrected chi connectivity index (χ1v) is 7.15. The summed E-state index contributed by atoms with van der Waals surface area (Å²) < 4.78 is 2.49. The van der Waals surface area contributed by atoms with Crippen LogP contribution in [0.3, 0.4) is 0 Å². The Morgan fingerprint density at radius 1 is 1.50 bits per heavy atom. The Labute approximate surface area is 104 Å². The van der Waals surface area contributed by atoms with Gasteiger partial charge in [0.1, 0.15) is 0 Å². The number of rotatable bonds is 2. The van der Waals surface area contributed by atoms with Crippen LogP contribution in [0.4, 0.5) is 0 Å². The highest BCUT2D eigenvalue weighted by Gasteiger charge is 2.10. The Morgan fingerprint density at radius 2 is 2.29 bits per heavy atom. The van der Waals surface area contributed by atoms with Crippen molar-refractivity contribution in [3.05, 3.63) is 26.6 Å². The molecule has 0 fully saturated rings. The van der Waals surface area contributed by atoms with Crippen molar-refractivity contribution in [1.29, 1.82) is 0 Å². The predicted octanol–water partition coefficient (Wildman–Crippen LogP) is 4.04. The number of hydrogen-bond donors (Lipinski definition) is 0. The van der Waals surface area contributed by atoms with Crippen molar-refractivity contribution in [2.45, 2.75) is 4.90 Å². The number of aldehydes is 1. The molecule has 0 spiro atoms. The van der Waals surface area contributed by atoms with Gasteiger partial charge in [0.25, 0.3) is 0 Å². The first-order valence-electron chi connectivity index (χ1n) is 3.96. The second kappa shape index (κ2) is 4.20. The van der Waals surface area contributed by atoms with Gasteiger partial charge in [-0.15, -0.1) is 23.1 Å². The van der Waals surface area contributed by atoms with Crippen LogP contribution in [0.25, 0.3) is 10.1 Å². The summed E-state index contributed by atoms with van der Waals surface area (Å²) in [6, 6.07) is 3.92. The minimum Gasteiger partial charge on any atom is -0.298 e. The van der Waals surface area contributed by atoms with E-state index in [4.69, 9.17) is 0 Å². The lowest BCUT2D eigenvalue weighted by Gasteiger charge is -2.03. The molecule has 4 heteroatoms. The molecule has 0 saturated heterocycles. The first kappa shape index (κ1) is 10.4. The van der Waals surface area contributed by atoms with Crippen molar-refractivity contribution in [2.24, 2.45) is 0 Å². The molecular formula is C10H7IOS2. The molecule has 0 saturated carbocycles. The number of thiophene rings is 1. The third kappa shape index (κ3) is 1.59. The van der Waals surface area contributed by atoms with Gasteiger partial charge in [-0.2, -0.15) is 0 Å². The number of carbonyl (C=O) groups excluding carboxylic acids is 1. The van der Waals surface area contributed by atoms with E-state index in [0.29, 0.717) is 0 Å². The van der Waals surface area contributed by atoms with E-state index in [-0.39, 0.29) is 0 Å². The molecule has 0 unspecified atom stereocenters. The molecular weight excluding hydrogens is 327 g/mol. The summed E-state index contributed by atoms with van der Waals surface area (Å²) >= 11 is 5.68. The Balaban J connectivity index is 2.87. The number of carbonyl (C=O) groups is 1. The molecule has 1 nitrogen and oxygen atoms in total. The average Bonchev–Trinajstić information content (AvgIpc) is 2.59. The SMILES string of the molecule is CSc1c(C=O)ccc2scc(I)c12. The molecule has 0 aliphatic rings. The molecule has 1 aromatic heterocycles. The lowest BCUT2D eigenvalue weighted by atomic mass is 10.2. The van der Waals surface area contributed by atoms with Crippen LogP contribution in [0.1, 0.15) is 10.4 Å². The van der Waals surface area contributed by atoms with Crippen molar-refractivity contribution in [2.75, 3.05) is 6.26 Å². The molecule has 0 aliphatic heterocycles. The third-order valence-electron chi connectivity index (χ3n) is 2.01. The van der Waals surface area contributed by atoms with Crippen LogP contribution in [-0.4, -0.2) is 12.5 Å². The molecule has 72 valence electrons.